The van der Waals surface area contributed by atoms with Gasteiger partial charge in [-0.15, -0.1) is 0 Å². The minimum absolute atomic E-state index is 0.00900. The Kier molecular flexibility index (Phi) is 4.77. The van der Waals surface area contributed by atoms with Crippen LogP contribution < -0.4 is 10.6 Å². The zero-order valence-corrected chi connectivity index (χ0v) is 12.5. The van der Waals surface area contributed by atoms with Gasteiger partial charge < -0.3 is 10.6 Å². The summed E-state index contributed by atoms with van der Waals surface area (Å²) in [5, 5.41) is 5.15. The molecule has 116 valence electrons. The number of rotatable bonds is 6. The average Bonchev–Trinajstić information content (AvgIpc) is 3.27. The van der Waals surface area contributed by atoms with Crippen LogP contribution in [0.1, 0.15) is 30.1 Å². The molecular weight excluding hydrogens is 276 g/mol. The third-order valence-electron chi connectivity index (χ3n) is 3.93. The molecule has 1 aromatic carbocycles. The lowest BCUT2D eigenvalue weighted by Crippen LogP contribution is -2.41. The van der Waals surface area contributed by atoms with E-state index in [9.17, 15) is 13.6 Å². The lowest BCUT2D eigenvalue weighted by atomic mass is 10.1. The van der Waals surface area contributed by atoms with E-state index < -0.39 is 17.5 Å². The molecule has 1 saturated carbocycles. The van der Waals surface area contributed by atoms with Crippen molar-refractivity contribution in [2.24, 2.45) is 0 Å². The smallest absolute Gasteiger partial charge is 0.251 e. The lowest BCUT2D eigenvalue weighted by Gasteiger charge is -2.24. The SMILES string of the molecule is CNc1c(F)cc(C(=O)NCC(C)N(C)C2CC2)cc1F. The van der Waals surface area contributed by atoms with E-state index in [1.54, 1.807) is 0 Å². The first-order valence-corrected chi connectivity index (χ1v) is 7.11. The van der Waals surface area contributed by atoms with Gasteiger partial charge >= 0.3 is 0 Å². The van der Waals surface area contributed by atoms with Crippen molar-refractivity contribution in [3.63, 3.8) is 0 Å². The molecule has 21 heavy (non-hydrogen) atoms. The molecule has 1 amide bonds. The maximum Gasteiger partial charge on any atom is 0.251 e. The molecule has 1 fully saturated rings. The number of amides is 1. The van der Waals surface area contributed by atoms with E-state index in [0.29, 0.717) is 12.6 Å². The quantitative estimate of drug-likeness (QED) is 0.846. The Morgan fingerprint density at radius 2 is 1.95 bits per heavy atom. The third kappa shape index (κ3) is 3.69. The van der Waals surface area contributed by atoms with Crippen LogP contribution in [0.2, 0.25) is 0 Å². The second-order valence-corrected chi connectivity index (χ2v) is 5.52. The fraction of sp³-hybridized carbons (Fsp3) is 0.533. The van der Waals surface area contributed by atoms with Crippen molar-refractivity contribution in [2.45, 2.75) is 31.8 Å². The Labute approximate surface area is 123 Å². The molecule has 4 nitrogen and oxygen atoms in total. The van der Waals surface area contributed by atoms with Crippen molar-refractivity contribution < 1.29 is 13.6 Å². The molecule has 1 unspecified atom stereocenters. The van der Waals surface area contributed by atoms with Crippen LogP contribution in [0.3, 0.4) is 0 Å². The van der Waals surface area contributed by atoms with Crippen LogP contribution in [0, 0.1) is 11.6 Å². The van der Waals surface area contributed by atoms with Gasteiger partial charge in [-0.2, -0.15) is 0 Å². The molecule has 0 aliphatic heterocycles. The van der Waals surface area contributed by atoms with Crippen LogP contribution in [0.15, 0.2) is 12.1 Å². The van der Waals surface area contributed by atoms with E-state index in [2.05, 4.69) is 15.5 Å². The highest BCUT2D eigenvalue weighted by molar-refractivity contribution is 5.94. The summed E-state index contributed by atoms with van der Waals surface area (Å²) in [4.78, 5) is 14.2. The van der Waals surface area contributed by atoms with E-state index in [4.69, 9.17) is 0 Å². The van der Waals surface area contributed by atoms with E-state index in [-0.39, 0.29) is 17.3 Å². The molecule has 1 atom stereocenters. The number of nitrogens with zero attached hydrogens (tertiary/aromatic N) is 1. The van der Waals surface area contributed by atoms with Crippen molar-refractivity contribution >= 4 is 11.6 Å². The number of halogens is 2. The third-order valence-corrected chi connectivity index (χ3v) is 3.93. The van der Waals surface area contributed by atoms with Crippen LogP contribution in [0.25, 0.3) is 0 Å². The highest BCUT2D eigenvalue weighted by atomic mass is 19.1. The van der Waals surface area contributed by atoms with Gasteiger partial charge in [0.2, 0.25) is 0 Å². The van der Waals surface area contributed by atoms with Crippen molar-refractivity contribution in [3.05, 3.63) is 29.3 Å². The molecule has 0 bridgehead atoms. The van der Waals surface area contributed by atoms with Gasteiger partial charge in [0.25, 0.3) is 5.91 Å². The Balaban J connectivity index is 1.97. The number of carbonyl (C=O) groups is 1. The first-order chi connectivity index (χ1) is 9.93. The molecule has 0 spiro atoms. The first-order valence-electron chi connectivity index (χ1n) is 7.11. The minimum atomic E-state index is -0.772. The van der Waals surface area contributed by atoms with Gasteiger partial charge in [-0.05, 0) is 38.9 Å². The summed E-state index contributed by atoms with van der Waals surface area (Å²) in [6.07, 6.45) is 2.38. The van der Waals surface area contributed by atoms with Crippen LogP contribution in [0.4, 0.5) is 14.5 Å². The summed E-state index contributed by atoms with van der Waals surface area (Å²) in [5.41, 5.74) is -0.237. The summed E-state index contributed by atoms with van der Waals surface area (Å²) in [7, 11) is 3.45. The zero-order chi connectivity index (χ0) is 15.6. The normalized spacial score (nSPS) is 15.9. The number of carbonyl (C=O) groups excluding carboxylic acids is 1. The highest BCUT2D eigenvalue weighted by Crippen LogP contribution is 2.26. The van der Waals surface area contributed by atoms with Crippen molar-refractivity contribution in [3.8, 4) is 0 Å². The lowest BCUT2D eigenvalue weighted by molar-refractivity contribution is 0.0938. The van der Waals surface area contributed by atoms with Crippen molar-refractivity contribution in [1.29, 1.82) is 0 Å². The fourth-order valence-electron chi connectivity index (χ4n) is 2.27. The van der Waals surface area contributed by atoms with Crippen molar-refractivity contribution in [2.75, 3.05) is 26.0 Å². The number of hydrogen-bond acceptors (Lipinski definition) is 3. The molecule has 1 aromatic rings. The van der Waals surface area contributed by atoms with Gasteiger partial charge in [0.15, 0.2) is 0 Å². The van der Waals surface area contributed by atoms with Gasteiger partial charge in [-0.1, -0.05) is 0 Å². The number of benzene rings is 1. The summed E-state index contributed by atoms with van der Waals surface area (Å²) < 4.78 is 27.2. The standard InChI is InChI=1S/C15H21F2N3O/c1-9(20(3)11-4-5-11)8-19-15(21)10-6-12(16)14(18-2)13(17)7-10/h6-7,9,11,18H,4-5,8H2,1-3H3,(H,19,21). The molecule has 2 rings (SSSR count). The Morgan fingerprint density at radius 3 is 2.43 bits per heavy atom. The molecule has 0 aromatic heterocycles. The number of anilines is 1. The fourth-order valence-corrected chi connectivity index (χ4v) is 2.27. The second kappa shape index (κ2) is 6.39. The molecule has 2 N–H and O–H groups in total. The van der Waals surface area contributed by atoms with Gasteiger partial charge in [0, 0.05) is 31.2 Å². The van der Waals surface area contributed by atoms with Gasteiger partial charge in [0.05, 0.1) is 0 Å². The van der Waals surface area contributed by atoms with Crippen LogP contribution in [-0.4, -0.2) is 43.5 Å². The molecule has 1 aliphatic rings. The van der Waals surface area contributed by atoms with Gasteiger partial charge in [-0.25, -0.2) is 8.78 Å². The number of nitrogens with one attached hydrogen (secondary N) is 2. The predicted molar refractivity (Wildman–Crippen MR) is 78.5 cm³/mol. The molecule has 0 saturated heterocycles. The molecule has 1 aliphatic carbocycles. The van der Waals surface area contributed by atoms with Crippen LogP contribution in [-0.2, 0) is 0 Å². The minimum Gasteiger partial charge on any atom is -0.383 e. The second-order valence-electron chi connectivity index (χ2n) is 5.52. The van der Waals surface area contributed by atoms with E-state index >= 15 is 0 Å². The van der Waals surface area contributed by atoms with E-state index in [1.165, 1.54) is 19.9 Å². The van der Waals surface area contributed by atoms with Crippen LogP contribution in [0.5, 0.6) is 0 Å². The topological polar surface area (TPSA) is 44.4 Å². The highest BCUT2D eigenvalue weighted by Gasteiger charge is 2.29. The summed E-state index contributed by atoms with van der Waals surface area (Å²) in [6.45, 7) is 2.46. The maximum atomic E-state index is 13.6. The summed E-state index contributed by atoms with van der Waals surface area (Å²) in [6, 6.07) is 2.87. The number of hydrogen-bond donors (Lipinski definition) is 2. The first kappa shape index (κ1) is 15.7. The molecule has 6 heteroatoms. The Hall–Kier alpha value is -1.69. The predicted octanol–water partition coefficient (Wildman–Crippen LogP) is 2.22. The van der Waals surface area contributed by atoms with Crippen molar-refractivity contribution in [1.82, 2.24) is 10.2 Å². The van der Waals surface area contributed by atoms with Gasteiger partial charge in [-0.3, -0.25) is 9.69 Å². The Morgan fingerprint density at radius 1 is 1.38 bits per heavy atom. The van der Waals surface area contributed by atoms with E-state index in [1.807, 2.05) is 14.0 Å². The number of likely N-dealkylation sites (N-methyl/N-ethyl adjacent to an activating group) is 1. The Bertz CT molecular complexity index is 509. The molecular formula is C15H21F2N3O. The monoisotopic (exact) mass is 297 g/mol. The summed E-state index contributed by atoms with van der Waals surface area (Å²) >= 11 is 0. The largest absolute Gasteiger partial charge is 0.383 e. The van der Waals surface area contributed by atoms with Gasteiger partial charge in [0.1, 0.15) is 17.3 Å². The average molecular weight is 297 g/mol. The molecule has 0 radical (unpaired) electrons. The van der Waals surface area contributed by atoms with E-state index in [0.717, 1.165) is 12.1 Å². The zero-order valence-electron chi connectivity index (χ0n) is 12.5. The van der Waals surface area contributed by atoms with Crippen LogP contribution >= 0.6 is 0 Å². The maximum absolute atomic E-state index is 13.6. The molecule has 0 heterocycles. The summed E-state index contributed by atoms with van der Waals surface area (Å²) in [5.74, 6) is -2.01.